The largest absolute Gasteiger partial charge is 0.389 e. The van der Waals surface area contributed by atoms with Crippen molar-refractivity contribution in [1.29, 1.82) is 0 Å². The van der Waals surface area contributed by atoms with Crippen LogP contribution < -0.4 is 5.32 Å². The molecule has 2 N–H and O–H groups in total. The van der Waals surface area contributed by atoms with Gasteiger partial charge in [-0.1, -0.05) is 42.5 Å². The van der Waals surface area contributed by atoms with Crippen molar-refractivity contribution in [2.75, 3.05) is 5.32 Å². The second-order valence-corrected chi connectivity index (χ2v) is 5.11. The van der Waals surface area contributed by atoms with Crippen LogP contribution in [-0.4, -0.2) is 10.1 Å². The second kappa shape index (κ2) is 5.94. The average molecular weight is 278 g/mol. The molecule has 0 saturated carbocycles. The number of hydrogen-bond acceptors (Lipinski definition) is 3. The average Bonchev–Trinajstić information content (AvgIpc) is 2.53. The molecule has 0 spiro atoms. The zero-order valence-corrected chi connectivity index (χ0v) is 12.0. The van der Waals surface area contributed by atoms with Crippen molar-refractivity contribution in [1.82, 2.24) is 4.98 Å². The molecule has 1 atom stereocenters. The molecule has 0 amide bonds. The summed E-state index contributed by atoms with van der Waals surface area (Å²) >= 11 is 0. The lowest BCUT2D eigenvalue weighted by Crippen LogP contribution is -2.05. The Hall–Kier alpha value is -2.39. The second-order valence-electron chi connectivity index (χ2n) is 5.11. The first-order valence-corrected chi connectivity index (χ1v) is 7.09. The van der Waals surface area contributed by atoms with E-state index in [1.165, 1.54) is 0 Å². The summed E-state index contributed by atoms with van der Waals surface area (Å²) in [5.41, 5.74) is 3.83. The standard InChI is InChI=1S/C18H18N2O/c1-13(21)16-7-3-5-9-18(16)19-12-15-11-10-14-6-2-4-8-17(14)20-15/h2-11,13,19,21H,12H2,1H3. The van der Waals surface area contributed by atoms with Crippen molar-refractivity contribution in [3.63, 3.8) is 0 Å². The molecular formula is C18H18N2O. The third-order valence-electron chi connectivity index (χ3n) is 3.53. The summed E-state index contributed by atoms with van der Waals surface area (Å²) in [6, 6.07) is 20.0. The highest BCUT2D eigenvalue weighted by Crippen LogP contribution is 2.22. The van der Waals surface area contributed by atoms with Crippen LogP contribution in [0.3, 0.4) is 0 Å². The molecule has 1 heterocycles. The molecule has 0 aliphatic rings. The van der Waals surface area contributed by atoms with Crippen LogP contribution in [0.5, 0.6) is 0 Å². The zero-order valence-electron chi connectivity index (χ0n) is 12.0. The number of para-hydroxylation sites is 2. The number of benzene rings is 2. The van der Waals surface area contributed by atoms with Crippen LogP contribution >= 0.6 is 0 Å². The van der Waals surface area contributed by atoms with Gasteiger partial charge in [-0.2, -0.15) is 0 Å². The fourth-order valence-corrected chi connectivity index (χ4v) is 2.41. The summed E-state index contributed by atoms with van der Waals surface area (Å²) < 4.78 is 0. The monoisotopic (exact) mass is 278 g/mol. The number of aliphatic hydroxyl groups excluding tert-OH is 1. The number of aliphatic hydroxyl groups is 1. The molecule has 3 rings (SSSR count). The van der Waals surface area contributed by atoms with Gasteiger partial charge in [-0.05, 0) is 25.1 Å². The number of nitrogens with zero attached hydrogens (tertiary/aromatic N) is 1. The van der Waals surface area contributed by atoms with Crippen molar-refractivity contribution in [2.45, 2.75) is 19.6 Å². The van der Waals surface area contributed by atoms with Crippen LogP contribution in [-0.2, 0) is 6.54 Å². The Bertz CT molecular complexity index is 753. The molecule has 0 aliphatic carbocycles. The van der Waals surface area contributed by atoms with E-state index in [-0.39, 0.29) is 0 Å². The first kappa shape index (κ1) is 13.6. The minimum Gasteiger partial charge on any atom is -0.389 e. The summed E-state index contributed by atoms with van der Waals surface area (Å²) in [7, 11) is 0. The molecule has 3 nitrogen and oxygen atoms in total. The molecule has 3 aromatic rings. The van der Waals surface area contributed by atoms with Gasteiger partial charge in [0.05, 0.1) is 23.9 Å². The maximum Gasteiger partial charge on any atom is 0.0781 e. The van der Waals surface area contributed by atoms with E-state index >= 15 is 0 Å². The Labute approximate surface area is 124 Å². The van der Waals surface area contributed by atoms with E-state index in [1.54, 1.807) is 6.92 Å². The number of rotatable bonds is 4. The maximum atomic E-state index is 9.79. The van der Waals surface area contributed by atoms with E-state index in [0.29, 0.717) is 6.54 Å². The Morgan fingerprint density at radius 1 is 1.00 bits per heavy atom. The summed E-state index contributed by atoms with van der Waals surface area (Å²) in [6.45, 7) is 2.41. The number of hydrogen-bond donors (Lipinski definition) is 2. The summed E-state index contributed by atoms with van der Waals surface area (Å²) in [6.07, 6.45) is -0.488. The predicted molar refractivity (Wildman–Crippen MR) is 86.1 cm³/mol. The minimum atomic E-state index is -0.488. The van der Waals surface area contributed by atoms with E-state index in [9.17, 15) is 5.11 Å². The smallest absolute Gasteiger partial charge is 0.0781 e. The fraction of sp³-hybridized carbons (Fsp3) is 0.167. The molecule has 1 unspecified atom stereocenters. The van der Waals surface area contributed by atoms with Crippen LogP contribution in [0.1, 0.15) is 24.3 Å². The normalized spacial score (nSPS) is 12.3. The van der Waals surface area contributed by atoms with Crippen molar-refractivity contribution in [3.8, 4) is 0 Å². The van der Waals surface area contributed by atoms with Crippen LogP contribution in [0.25, 0.3) is 10.9 Å². The lowest BCUT2D eigenvalue weighted by atomic mass is 10.1. The Kier molecular flexibility index (Phi) is 3.84. The molecular weight excluding hydrogens is 260 g/mol. The van der Waals surface area contributed by atoms with Gasteiger partial charge in [-0.3, -0.25) is 4.98 Å². The van der Waals surface area contributed by atoms with Crippen LogP contribution in [0.15, 0.2) is 60.7 Å². The topological polar surface area (TPSA) is 45.1 Å². The highest BCUT2D eigenvalue weighted by atomic mass is 16.3. The Morgan fingerprint density at radius 3 is 2.62 bits per heavy atom. The van der Waals surface area contributed by atoms with Crippen molar-refractivity contribution in [3.05, 3.63) is 71.9 Å². The predicted octanol–water partition coefficient (Wildman–Crippen LogP) is 3.90. The van der Waals surface area contributed by atoms with Gasteiger partial charge in [0.2, 0.25) is 0 Å². The molecule has 0 saturated heterocycles. The van der Waals surface area contributed by atoms with E-state index in [4.69, 9.17) is 0 Å². The lowest BCUT2D eigenvalue weighted by molar-refractivity contribution is 0.200. The van der Waals surface area contributed by atoms with Gasteiger partial charge in [0.1, 0.15) is 0 Å². The fourth-order valence-electron chi connectivity index (χ4n) is 2.41. The summed E-state index contributed by atoms with van der Waals surface area (Å²) in [5, 5.41) is 14.3. The van der Waals surface area contributed by atoms with E-state index < -0.39 is 6.10 Å². The van der Waals surface area contributed by atoms with Gasteiger partial charge >= 0.3 is 0 Å². The van der Waals surface area contributed by atoms with E-state index in [1.807, 2.05) is 48.5 Å². The van der Waals surface area contributed by atoms with Gasteiger partial charge in [0, 0.05) is 16.6 Å². The van der Waals surface area contributed by atoms with Crippen LogP contribution in [0.2, 0.25) is 0 Å². The van der Waals surface area contributed by atoms with Crippen LogP contribution in [0.4, 0.5) is 5.69 Å². The minimum absolute atomic E-state index is 0.488. The first-order valence-electron chi connectivity index (χ1n) is 7.09. The zero-order chi connectivity index (χ0) is 14.7. The number of aromatic nitrogens is 1. The number of anilines is 1. The molecule has 106 valence electrons. The molecule has 2 aromatic carbocycles. The molecule has 0 aliphatic heterocycles. The molecule has 3 heteroatoms. The van der Waals surface area contributed by atoms with Crippen LogP contribution in [0, 0.1) is 0 Å². The quantitative estimate of drug-likeness (QED) is 0.760. The number of nitrogens with one attached hydrogen (secondary N) is 1. The lowest BCUT2D eigenvalue weighted by Gasteiger charge is -2.13. The Balaban J connectivity index is 1.80. The molecule has 0 fully saturated rings. The van der Waals surface area contributed by atoms with Crippen molar-refractivity contribution < 1.29 is 5.11 Å². The van der Waals surface area contributed by atoms with E-state index in [2.05, 4.69) is 22.4 Å². The highest BCUT2D eigenvalue weighted by Gasteiger charge is 2.07. The van der Waals surface area contributed by atoms with Gasteiger partial charge in [-0.15, -0.1) is 0 Å². The van der Waals surface area contributed by atoms with Gasteiger partial charge in [0.25, 0.3) is 0 Å². The van der Waals surface area contributed by atoms with Gasteiger partial charge < -0.3 is 10.4 Å². The SMILES string of the molecule is CC(O)c1ccccc1NCc1ccc2ccccc2n1. The molecule has 0 bridgehead atoms. The van der Waals surface area contributed by atoms with E-state index in [0.717, 1.165) is 27.8 Å². The first-order chi connectivity index (χ1) is 10.2. The third-order valence-corrected chi connectivity index (χ3v) is 3.53. The third kappa shape index (κ3) is 3.03. The van der Waals surface area contributed by atoms with Crippen molar-refractivity contribution in [2.24, 2.45) is 0 Å². The summed E-state index contributed by atoms with van der Waals surface area (Å²) in [5.74, 6) is 0. The molecule has 21 heavy (non-hydrogen) atoms. The van der Waals surface area contributed by atoms with Crippen molar-refractivity contribution >= 4 is 16.6 Å². The number of fused-ring (bicyclic) bond motifs is 1. The maximum absolute atomic E-state index is 9.79. The Morgan fingerprint density at radius 2 is 1.76 bits per heavy atom. The van der Waals surface area contributed by atoms with Gasteiger partial charge in [-0.25, -0.2) is 0 Å². The molecule has 0 radical (unpaired) electrons. The summed E-state index contributed by atoms with van der Waals surface area (Å²) in [4.78, 5) is 4.64. The highest BCUT2D eigenvalue weighted by molar-refractivity contribution is 5.78. The van der Waals surface area contributed by atoms with Gasteiger partial charge in [0.15, 0.2) is 0 Å². The molecule has 1 aromatic heterocycles. The number of pyridine rings is 1.